The normalized spacial score (nSPS) is 9.93. The summed E-state index contributed by atoms with van der Waals surface area (Å²) in [5.41, 5.74) is 0. The highest BCUT2D eigenvalue weighted by atomic mass is 32.2. The third kappa shape index (κ3) is 6.79. The van der Waals surface area contributed by atoms with Gasteiger partial charge in [0.05, 0.1) is 18.2 Å². The van der Waals surface area contributed by atoms with E-state index in [0.717, 1.165) is 5.75 Å². The van der Waals surface area contributed by atoms with Crippen LogP contribution in [0.5, 0.6) is 0 Å². The summed E-state index contributed by atoms with van der Waals surface area (Å²) in [6, 6.07) is 2.03. The number of thioether (sulfide) groups is 1. The third-order valence-electron chi connectivity index (χ3n) is 1.66. The van der Waals surface area contributed by atoms with Crippen molar-refractivity contribution < 1.29 is 4.79 Å². The highest BCUT2D eigenvalue weighted by Gasteiger charge is 2.08. The van der Waals surface area contributed by atoms with Crippen molar-refractivity contribution in [2.24, 2.45) is 5.92 Å². The summed E-state index contributed by atoms with van der Waals surface area (Å²) in [5, 5.41) is 8.35. The van der Waals surface area contributed by atoms with Gasteiger partial charge in [-0.2, -0.15) is 17.0 Å². The number of rotatable bonds is 6. The maximum atomic E-state index is 11.4. The Morgan fingerprint density at radius 2 is 2.21 bits per heavy atom. The van der Waals surface area contributed by atoms with Gasteiger partial charge in [-0.05, 0) is 11.7 Å². The Bertz CT molecular complexity index is 211. The van der Waals surface area contributed by atoms with E-state index in [1.165, 1.54) is 0 Å². The fraction of sp³-hybridized carbons (Fsp3) is 0.800. The first kappa shape index (κ1) is 13.3. The van der Waals surface area contributed by atoms with Gasteiger partial charge in [-0.15, -0.1) is 0 Å². The molecule has 0 aliphatic rings. The number of amides is 1. The van der Waals surface area contributed by atoms with Crippen LogP contribution in [-0.4, -0.2) is 35.9 Å². The average molecular weight is 214 g/mol. The van der Waals surface area contributed by atoms with Crippen molar-refractivity contribution in [1.82, 2.24) is 4.90 Å². The zero-order valence-corrected chi connectivity index (χ0v) is 9.93. The van der Waals surface area contributed by atoms with Crippen LogP contribution in [0.15, 0.2) is 0 Å². The number of nitrogens with zero attached hydrogens (tertiary/aromatic N) is 2. The molecule has 0 spiro atoms. The molecule has 0 fully saturated rings. The highest BCUT2D eigenvalue weighted by Crippen LogP contribution is 2.08. The van der Waals surface area contributed by atoms with Gasteiger partial charge in [0, 0.05) is 13.6 Å². The van der Waals surface area contributed by atoms with Gasteiger partial charge in [0.25, 0.3) is 0 Å². The van der Waals surface area contributed by atoms with Crippen LogP contribution in [0.2, 0.25) is 0 Å². The van der Waals surface area contributed by atoms with Crippen LogP contribution in [0.3, 0.4) is 0 Å². The number of carbonyl (C=O) groups is 1. The molecule has 0 radical (unpaired) electrons. The molecule has 14 heavy (non-hydrogen) atoms. The Kier molecular flexibility index (Phi) is 7.31. The second kappa shape index (κ2) is 7.69. The summed E-state index contributed by atoms with van der Waals surface area (Å²) in [5.74, 6) is 2.28. The predicted molar refractivity (Wildman–Crippen MR) is 60.0 cm³/mol. The zero-order chi connectivity index (χ0) is 11.0. The SMILES string of the molecule is CC(C)CSCC(=O)N(C)CCC#N. The predicted octanol–water partition coefficient (Wildman–Crippen LogP) is 1.75. The topological polar surface area (TPSA) is 44.1 Å². The van der Waals surface area contributed by atoms with E-state index in [4.69, 9.17) is 5.26 Å². The second-order valence-corrected chi connectivity index (χ2v) is 4.66. The Morgan fingerprint density at radius 3 is 2.71 bits per heavy atom. The molecular formula is C10H18N2OS. The van der Waals surface area contributed by atoms with Crippen molar-refractivity contribution in [2.45, 2.75) is 20.3 Å². The summed E-state index contributed by atoms with van der Waals surface area (Å²) in [6.45, 7) is 4.81. The maximum absolute atomic E-state index is 11.4. The van der Waals surface area contributed by atoms with Gasteiger partial charge in [0.1, 0.15) is 0 Å². The molecular weight excluding hydrogens is 196 g/mol. The molecule has 0 aromatic heterocycles. The van der Waals surface area contributed by atoms with Gasteiger partial charge < -0.3 is 4.90 Å². The van der Waals surface area contributed by atoms with Crippen molar-refractivity contribution >= 4 is 17.7 Å². The molecule has 80 valence electrons. The Labute approximate surface area is 90.5 Å². The van der Waals surface area contributed by atoms with Crippen molar-refractivity contribution in [3.63, 3.8) is 0 Å². The Balaban J connectivity index is 3.58. The molecule has 0 aromatic carbocycles. The van der Waals surface area contributed by atoms with E-state index in [2.05, 4.69) is 13.8 Å². The van der Waals surface area contributed by atoms with E-state index >= 15 is 0 Å². The van der Waals surface area contributed by atoms with Crippen molar-refractivity contribution in [3.8, 4) is 6.07 Å². The smallest absolute Gasteiger partial charge is 0.232 e. The standard InChI is InChI=1S/C10H18N2OS/c1-9(2)7-14-8-10(13)12(3)6-4-5-11/h9H,4,6-8H2,1-3H3. The van der Waals surface area contributed by atoms with Crippen molar-refractivity contribution in [1.29, 1.82) is 5.26 Å². The quantitative estimate of drug-likeness (QED) is 0.676. The fourth-order valence-electron chi connectivity index (χ4n) is 0.835. The molecule has 0 aliphatic heterocycles. The van der Waals surface area contributed by atoms with E-state index in [9.17, 15) is 4.79 Å². The Hall–Kier alpha value is -0.690. The van der Waals surface area contributed by atoms with Crippen LogP contribution in [0.25, 0.3) is 0 Å². The van der Waals surface area contributed by atoms with Crippen LogP contribution in [-0.2, 0) is 4.79 Å². The first-order valence-corrected chi connectivity index (χ1v) is 5.92. The van der Waals surface area contributed by atoms with Crippen molar-refractivity contribution in [2.75, 3.05) is 25.1 Å². The molecule has 0 rings (SSSR count). The van der Waals surface area contributed by atoms with Crippen LogP contribution >= 0.6 is 11.8 Å². The average Bonchev–Trinajstić information content (AvgIpc) is 2.13. The van der Waals surface area contributed by atoms with E-state index in [0.29, 0.717) is 24.6 Å². The second-order valence-electron chi connectivity index (χ2n) is 3.63. The molecule has 0 saturated heterocycles. The summed E-state index contributed by atoms with van der Waals surface area (Å²) in [4.78, 5) is 13.0. The van der Waals surface area contributed by atoms with E-state index in [1.807, 2.05) is 6.07 Å². The van der Waals surface area contributed by atoms with Gasteiger partial charge in [-0.3, -0.25) is 4.79 Å². The zero-order valence-electron chi connectivity index (χ0n) is 9.12. The number of hydrogen-bond donors (Lipinski definition) is 0. The number of carbonyl (C=O) groups excluding carboxylic acids is 1. The van der Waals surface area contributed by atoms with E-state index in [1.54, 1.807) is 23.7 Å². The third-order valence-corrected chi connectivity index (χ3v) is 3.01. The van der Waals surface area contributed by atoms with E-state index in [-0.39, 0.29) is 5.91 Å². The minimum absolute atomic E-state index is 0.117. The molecule has 0 N–H and O–H groups in total. The summed E-state index contributed by atoms with van der Waals surface area (Å²) < 4.78 is 0. The lowest BCUT2D eigenvalue weighted by atomic mass is 10.3. The van der Waals surface area contributed by atoms with Gasteiger partial charge >= 0.3 is 0 Å². The fourth-order valence-corrected chi connectivity index (χ4v) is 1.82. The molecule has 0 aromatic rings. The summed E-state index contributed by atoms with van der Waals surface area (Å²) in [6.07, 6.45) is 0.414. The maximum Gasteiger partial charge on any atom is 0.232 e. The molecule has 0 atom stereocenters. The lowest BCUT2D eigenvalue weighted by molar-refractivity contribution is -0.127. The van der Waals surface area contributed by atoms with Gasteiger partial charge in [-0.1, -0.05) is 13.8 Å². The molecule has 1 amide bonds. The minimum atomic E-state index is 0.117. The van der Waals surface area contributed by atoms with Crippen LogP contribution in [0.1, 0.15) is 20.3 Å². The van der Waals surface area contributed by atoms with Crippen LogP contribution in [0, 0.1) is 17.2 Å². The van der Waals surface area contributed by atoms with Gasteiger partial charge in [-0.25, -0.2) is 0 Å². The largest absolute Gasteiger partial charge is 0.344 e. The van der Waals surface area contributed by atoms with Crippen LogP contribution < -0.4 is 0 Å². The molecule has 4 heteroatoms. The molecule has 0 aliphatic carbocycles. The monoisotopic (exact) mass is 214 g/mol. The van der Waals surface area contributed by atoms with Gasteiger partial charge in [0.2, 0.25) is 5.91 Å². The lowest BCUT2D eigenvalue weighted by Crippen LogP contribution is -2.29. The highest BCUT2D eigenvalue weighted by molar-refractivity contribution is 7.99. The van der Waals surface area contributed by atoms with Crippen LogP contribution in [0.4, 0.5) is 0 Å². The van der Waals surface area contributed by atoms with Gasteiger partial charge in [0.15, 0.2) is 0 Å². The molecule has 0 heterocycles. The lowest BCUT2D eigenvalue weighted by Gasteiger charge is -2.15. The van der Waals surface area contributed by atoms with E-state index < -0.39 is 0 Å². The Morgan fingerprint density at radius 1 is 1.57 bits per heavy atom. The molecule has 0 unspecified atom stereocenters. The molecule has 0 bridgehead atoms. The summed E-state index contributed by atoms with van der Waals surface area (Å²) >= 11 is 1.66. The number of nitriles is 1. The molecule has 3 nitrogen and oxygen atoms in total. The van der Waals surface area contributed by atoms with Crippen molar-refractivity contribution in [3.05, 3.63) is 0 Å². The first-order valence-electron chi connectivity index (χ1n) is 4.76. The first-order chi connectivity index (χ1) is 6.57. The minimum Gasteiger partial charge on any atom is -0.344 e. The number of hydrogen-bond acceptors (Lipinski definition) is 3. The molecule has 0 saturated carbocycles. The summed E-state index contributed by atoms with van der Waals surface area (Å²) in [7, 11) is 1.75.